The molecule has 0 spiro atoms. The molecule has 2 rings (SSSR count). The van der Waals surface area contributed by atoms with Gasteiger partial charge in [-0.25, -0.2) is 4.52 Å². The molecule has 0 saturated heterocycles. The number of carbonyl (C=O) groups is 1. The summed E-state index contributed by atoms with van der Waals surface area (Å²) >= 11 is 0. The lowest BCUT2D eigenvalue weighted by Gasteiger charge is -2.01. The Balaban J connectivity index is 2.50. The second kappa shape index (κ2) is 3.59. The van der Waals surface area contributed by atoms with Crippen LogP contribution in [0.5, 0.6) is 0 Å². The van der Waals surface area contributed by atoms with Gasteiger partial charge in [0.15, 0.2) is 5.78 Å². The Bertz CT molecular complexity index is 461. The van der Waals surface area contributed by atoms with Crippen LogP contribution in [0.3, 0.4) is 0 Å². The lowest BCUT2D eigenvalue weighted by Crippen LogP contribution is -2.19. The molecule has 0 aliphatic heterocycles. The van der Waals surface area contributed by atoms with Gasteiger partial charge in [-0.1, -0.05) is 0 Å². The molecule has 72 valence electrons. The zero-order valence-corrected chi connectivity index (χ0v) is 7.90. The lowest BCUT2D eigenvalue weighted by atomic mass is 10.1. The maximum Gasteiger partial charge on any atom is 0.178 e. The predicted octanol–water partition coefficient (Wildman–Crippen LogP) is 0.736. The highest BCUT2D eigenvalue weighted by Crippen LogP contribution is 2.09. The summed E-state index contributed by atoms with van der Waals surface area (Å²) in [7, 11) is 1.76. The van der Waals surface area contributed by atoms with Crippen LogP contribution in [0.1, 0.15) is 10.4 Å². The molecule has 4 nitrogen and oxygen atoms in total. The lowest BCUT2D eigenvalue weighted by molar-refractivity contribution is 0.0995. The second-order valence-electron chi connectivity index (χ2n) is 3.04. The molecule has 2 aromatic heterocycles. The van der Waals surface area contributed by atoms with E-state index in [0.29, 0.717) is 12.1 Å². The van der Waals surface area contributed by atoms with Crippen molar-refractivity contribution in [2.45, 2.75) is 0 Å². The Labute approximate surface area is 81.5 Å². The Hall–Kier alpha value is -1.68. The molecule has 2 heterocycles. The number of hydrogen-bond acceptors (Lipinski definition) is 3. The van der Waals surface area contributed by atoms with Gasteiger partial charge in [0.1, 0.15) is 0 Å². The fourth-order valence-electron chi connectivity index (χ4n) is 1.44. The number of ketones is 1. The summed E-state index contributed by atoms with van der Waals surface area (Å²) < 4.78 is 1.70. The monoisotopic (exact) mass is 189 g/mol. The van der Waals surface area contributed by atoms with Crippen LogP contribution in [0.15, 0.2) is 30.6 Å². The molecule has 0 radical (unpaired) electrons. The third kappa shape index (κ3) is 1.40. The molecule has 0 bridgehead atoms. The maximum atomic E-state index is 11.7. The summed E-state index contributed by atoms with van der Waals surface area (Å²) in [5.74, 6) is 0.0820. The number of nitrogens with one attached hydrogen (secondary N) is 1. The van der Waals surface area contributed by atoms with Crippen molar-refractivity contribution in [2.24, 2.45) is 0 Å². The molecule has 1 N–H and O–H groups in total. The van der Waals surface area contributed by atoms with Crippen molar-refractivity contribution in [3.8, 4) is 0 Å². The quantitative estimate of drug-likeness (QED) is 0.724. The number of fused-ring (bicyclic) bond motifs is 1. The van der Waals surface area contributed by atoms with Crippen LogP contribution in [0.4, 0.5) is 0 Å². The van der Waals surface area contributed by atoms with Crippen LogP contribution in [0, 0.1) is 0 Å². The minimum absolute atomic E-state index is 0.0820. The summed E-state index contributed by atoms with van der Waals surface area (Å²) in [6.45, 7) is 0.352. The van der Waals surface area contributed by atoms with Crippen LogP contribution in [-0.4, -0.2) is 29.0 Å². The molecular formula is C10H11N3O. The van der Waals surface area contributed by atoms with E-state index in [1.807, 2.05) is 24.4 Å². The average Bonchev–Trinajstić information content (AvgIpc) is 2.65. The Morgan fingerprint density at radius 1 is 1.57 bits per heavy atom. The highest BCUT2D eigenvalue weighted by atomic mass is 16.1. The number of Topliss-reactive ketones (excluding diaryl/α,β-unsaturated/α-hetero) is 1. The van der Waals surface area contributed by atoms with Gasteiger partial charge in [0.2, 0.25) is 0 Å². The van der Waals surface area contributed by atoms with Crippen LogP contribution in [0.25, 0.3) is 5.52 Å². The van der Waals surface area contributed by atoms with Gasteiger partial charge in [-0.2, -0.15) is 5.10 Å². The molecule has 4 heteroatoms. The Morgan fingerprint density at radius 3 is 3.21 bits per heavy atom. The fraction of sp³-hybridized carbons (Fsp3) is 0.200. The van der Waals surface area contributed by atoms with Crippen molar-refractivity contribution in [3.63, 3.8) is 0 Å². The van der Waals surface area contributed by atoms with Gasteiger partial charge in [-0.15, -0.1) is 0 Å². The minimum Gasteiger partial charge on any atom is -0.313 e. The van der Waals surface area contributed by atoms with Crippen molar-refractivity contribution in [3.05, 3.63) is 36.2 Å². The molecule has 0 aromatic carbocycles. The van der Waals surface area contributed by atoms with Crippen molar-refractivity contribution >= 4 is 11.3 Å². The predicted molar refractivity (Wildman–Crippen MR) is 53.4 cm³/mol. The molecule has 0 aliphatic rings. The third-order valence-corrected chi connectivity index (χ3v) is 2.07. The van der Waals surface area contributed by atoms with E-state index in [1.165, 1.54) is 0 Å². The van der Waals surface area contributed by atoms with Crippen molar-refractivity contribution in [2.75, 3.05) is 13.6 Å². The largest absolute Gasteiger partial charge is 0.313 e. The molecular weight excluding hydrogens is 178 g/mol. The Kier molecular flexibility index (Phi) is 2.28. The van der Waals surface area contributed by atoms with E-state index in [4.69, 9.17) is 0 Å². The van der Waals surface area contributed by atoms with Gasteiger partial charge in [0.05, 0.1) is 18.3 Å². The van der Waals surface area contributed by atoms with Gasteiger partial charge < -0.3 is 5.32 Å². The molecule has 0 saturated carbocycles. The van der Waals surface area contributed by atoms with E-state index in [2.05, 4.69) is 10.4 Å². The fourth-order valence-corrected chi connectivity index (χ4v) is 1.44. The second-order valence-corrected chi connectivity index (χ2v) is 3.04. The number of hydrogen-bond donors (Lipinski definition) is 1. The third-order valence-electron chi connectivity index (χ3n) is 2.07. The van der Waals surface area contributed by atoms with Crippen LogP contribution < -0.4 is 5.32 Å². The number of pyridine rings is 1. The molecule has 0 atom stereocenters. The first-order valence-electron chi connectivity index (χ1n) is 4.43. The van der Waals surface area contributed by atoms with Crippen molar-refractivity contribution in [1.82, 2.24) is 14.9 Å². The van der Waals surface area contributed by atoms with E-state index in [9.17, 15) is 4.79 Å². The summed E-state index contributed by atoms with van der Waals surface area (Å²) in [5, 5.41) is 6.91. The molecule has 14 heavy (non-hydrogen) atoms. The molecule has 2 aromatic rings. The van der Waals surface area contributed by atoms with E-state index >= 15 is 0 Å². The molecule has 0 aliphatic carbocycles. The molecule has 0 amide bonds. The maximum absolute atomic E-state index is 11.7. The van der Waals surface area contributed by atoms with Crippen LogP contribution in [-0.2, 0) is 0 Å². The number of rotatable bonds is 3. The standard InChI is InChI=1S/C10H11N3O/c1-11-7-10(14)8-3-2-6-13-9(8)4-5-12-13/h2-6,11H,7H2,1H3. The Morgan fingerprint density at radius 2 is 2.43 bits per heavy atom. The first-order chi connectivity index (χ1) is 6.83. The van der Waals surface area contributed by atoms with E-state index in [1.54, 1.807) is 17.8 Å². The summed E-state index contributed by atoms with van der Waals surface area (Å²) in [5.41, 5.74) is 1.56. The normalized spacial score (nSPS) is 10.6. The van der Waals surface area contributed by atoms with Gasteiger partial charge in [0, 0.05) is 11.8 Å². The summed E-state index contributed by atoms with van der Waals surface area (Å²) in [6, 6.07) is 5.47. The molecule has 0 fully saturated rings. The molecule has 0 unspecified atom stereocenters. The van der Waals surface area contributed by atoms with Gasteiger partial charge in [0.25, 0.3) is 0 Å². The highest BCUT2D eigenvalue weighted by Gasteiger charge is 2.08. The van der Waals surface area contributed by atoms with E-state index < -0.39 is 0 Å². The topological polar surface area (TPSA) is 46.4 Å². The number of nitrogens with zero attached hydrogens (tertiary/aromatic N) is 2. The van der Waals surface area contributed by atoms with Crippen molar-refractivity contribution < 1.29 is 4.79 Å². The van der Waals surface area contributed by atoms with Crippen LogP contribution in [0.2, 0.25) is 0 Å². The van der Waals surface area contributed by atoms with E-state index in [0.717, 1.165) is 5.52 Å². The minimum atomic E-state index is 0.0820. The zero-order valence-electron chi connectivity index (χ0n) is 7.90. The van der Waals surface area contributed by atoms with Crippen LogP contribution >= 0.6 is 0 Å². The van der Waals surface area contributed by atoms with E-state index in [-0.39, 0.29) is 5.78 Å². The highest BCUT2D eigenvalue weighted by molar-refractivity contribution is 6.03. The number of likely N-dealkylation sites (N-methyl/N-ethyl adjacent to an activating group) is 1. The van der Waals surface area contributed by atoms with Crippen molar-refractivity contribution in [1.29, 1.82) is 0 Å². The van der Waals surface area contributed by atoms with Gasteiger partial charge >= 0.3 is 0 Å². The van der Waals surface area contributed by atoms with Gasteiger partial charge in [-0.3, -0.25) is 4.79 Å². The van der Waals surface area contributed by atoms with Gasteiger partial charge in [-0.05, 0) is 25.2 Å². The smallest absolute Gasteiger partial charge is 0.178 e. The number of aromatic nitrogens is 2. The zero-order chi connectivity index (χ0) is 9.97. The summed E-state index contributed by atoms with van der Waals surface area (Å²) in [4.78, 5) is 11.7. The average molecular weight is 189 g/mol. The first-order valence-corrected chi connectivity index (χ1v) is 4.43. The summed E-state index contributed by atoms with van der Waals surface area (Å²) in [6.07, 6.45) is 3.51. The SMILES string of the molecule is CNCC(=O)c1cccn2nccc12. The number of carbonyl (C=O) groups excluding carboxylic acids is 1. The first kappa shape index (κ1) is 8.90.